The minimum absolute atomic E-state index is 0. The first-order valence-corrected chi connectivity index (χ1v) is 9.22. The number of carbonyl (C=O) groups excluding carboxylic acids is 1. The molecule has 4 heteroatoms. The van der Waals surface area contributed by atoms with Crippen molar-refractivity contribution >= 4 is 13.8 Å². The third kappa shape index (κ3) is 15.1. The number of nitrogens with zero attached hydrogens (tertiary/aromatic N) is 1. The molecule has 2 nitrogen and oxygen atoms in total. The van der Waals surface area contributed by atoms with Crippen molar-refractivity contribution in [3.8, 4) is 0 Å². The zero-order valence-electron chi connectivity index (χ0n) is 16.0. The van der Waals surface area contributed by atoms with Gasteiger partial charge in [-0.3, -0.25) is 0 Å². The van der Waals surface area contributed by atoms with Crippen molar-refractivity contribution in [2.75, 3.05) is 6.16 Å². The van der Waals surface area contributed by atoms with Crippen molar-refractivity contribution < 1.29 is 21.3 Å². The van der Waals surface area contributed by atoms with Crippen LogP contribution in [0, 0.1) is 6.42 Å². The van der Waals surface area contributed by atoms with Crippen LogP contribution in [0.3, 0.4) is 0 Å². The van der Waals surface area contributed by atoms with Crippen molar-refractivity contribution in [3.05, 3.63) is 11.7 Å². The van der Waals surface area contributed by atoms with E-state index in [9.17, 15) is 4.79 Å². The normalized spacial score (nSPS) is 12.2. The van der Waals surface area contributed by atoms with Gasteiger partial charge in [0.2, 0.25) is 0 Å². The second-order valence-electron chi connectivity index (χ2n) is 8.41. The smallest absolute Gasteiger partial charge is 0.646 e. The van der Waals surface area contributed by atoms with E-state index in [2.05, 4.69) is 46.9 Å². The third-order valence-electron chi connectivity index (χ3n) is 2.60. The van der Waals surface area contributed by atoms with E-state index in [1.165, 1.54) is 0 Å². The third-order valence-corrected chi connectivity index (χ3v) is 6.88. The average molecular weight is 361 g/mol. The van der Waals surface area contributed by atoms with Gasteiger partial charge in [0.25, 0.3) is 0 Å². The van der Waals surface area contributed by atoms with Crippen LogP contribution < -0.4 is 0 Å². The number of amides is 1. The maximum Gasteiger partial charge on any atom is 2.00 e. The van der Waals surface area contributed by atoms with Crippen LogP contribution in [0.4, 0.5) is 0 Å². The second-order valence-corrected chi connectivity index (χ2v) is 12.7. The van der Waals surface area contributed by atoms with Crippen LogP contribution in [0.2, 0.25) is 0 Å². The first-order chi connectivity index (χ1) is 8.65. The van der Waals surface area contributed by atoms with E-state index >= 15 is 0 Å². The molecule has 130 valence electrons. The van der Waals surface area contributed by atoms with Crippen LogP contribution >= 0.6 is 7.92 Å². The Morgan fingerprint density at radius 2 is 1.19 bits per heavy atom. The van der Waals surface area contributed by atoms with E-state index in [1.54, 1.807) is 0 Å². The summed E-state index contributed by atoms with van der Waals surface area (Å²) in [6.07, 6.45) is 2.65. The Morgan fingerprint density at radius 3 is 1.38 bits per heavy atom. The van der Waals surface area contributed by atoms with Gasteiger partial charge in [0.15, 0.2) is 0 Å². The summed E-state index contributed by atoms with van der Waals surface area (Å²) in [6, 6.07) is 0. The molecular weight excluding hydrogens is 324 g/mol. The van der Waals surface area contributed by atoms with Gasteiger partial charge in [-0.1, -0.05) is 20.8 Å². The summed E-state index contributed by atoms with van der Waals surface area (Å²) in [7, 11) is -0.790. The zero-order chi connectivity index (χ0) is 16.8. The van der Waals surface area contributed by atoms with Gasteiger partial charge < -0.3 is 16.5 Å². The molecule has 0 aromatic rings. The Labute approximate surface area is 145 Å². The quantitative estimate of drug-likeness (QED) is 0.351. The van der Waals surface area contributed by atoms with Crippen molar-refractivity contribution in [2.45, 2.75) is 92.0 Å². The standard InChI is InChI=1S/C14H30NOP.C3H7.Ni/c1-12(2,3)15-11(16)10-17(13(4,5)6)14(7,8)9;1-3-2;/h10H2,1-9H3,(H,15,16);3H,1-2H3;/q;-1;+2. The van der Waals surface area contributed by atoms with Crippen LogP contribution in [0.5, 0.6) is 0 Å². The molecule has 0 saturated heterocycles. The van der Waals surface area contributed by atoms with Gasteiger partial charge in [-0.2, -0.15) is 13.8 Å². The van der Waals surface area contributed by atoms with E-state index in [4.69, 9.17) is 0 Å². The Kier molecular flexibility index (Phi) is 12.8. The number of hydrogen-bond acceptors (Lipinski definition) is 1. The number of rotatable bonds is 2. The molecule has 0 aliphatic rings. The fourth-order valence-electron chi connectivity index (χ4n) is 2.22. The molecule has 0 aromatic carbocycles. The van der Waals surface area contributed by atoms with E-state index in [0.29, 0.717) is 6.16 Å². The van der Waals surface area contributed by atoms with E-state index < -0.39 is 7.92 Å². The van der Waals surface area contributed by atoms with Crippen LogP contribution in [-0.2, 0) is 21.3 Å². The van der Waals surface area contributed by atoms with E-state index in [0.717, 1.165) is 0 Å². The maximum absolute atomic E-state index is 12.0. The van der Waals surface area contributed by atoms with Gasteiger partial charge in [0.05, 0.1) is 22.4 Å². The Morgan fingerprint density at radius 1 is 0.905 bits per heavy atom. The van der Waals surface area contributed by atoms with Crippen molar-refractivity contribution in [1.29, 1.82) is 0 Å². The number of hydrogen-bond donors (Lipinski definition) is 0. The summed E-state index contributed by atoms with van der Waals surface area (Å²) in [5, 5.41) is 4.72. The molecule has 0 aliphatic carbocycles. The molecule has 0 rings (SSSR count). The van der Waals surface area contributed by atoms with Crippen LogP contribution in [0.15, 0.2) is 0 Å². The van der Waals surface area contributed by atoms with E-state index in [-0.39, 0.29) is 38.2 Å². The molecule has 0 aromatic heterocycles. The summed E-state index contributed by atoms with van der Waals surface area (Å²) in [5.41, 5.74) is -0.250. The van der Waals surface area contributed by atoms with E-state index in [1.807, 2.05) is 41.0 Å². The topological polar surface area (TPSA) is 31.2 Å². The van der Waals surface area contributed by atoms with Gasteiger partial charge in [-0.25, -0.2) is 0 Å². The molecule has 0 aliphatic heterocycles. The van der Waals surface area contributed by atoms with Crippen LogP contribution in [0.25, 0.3) is 5.32 Å². The SMILES string of the molecule is CC(C)(C)[N-]C(=O)C[PH+](C(C)(C)C)C(C)(C)C.C[CH-]C.[Ni+2]. The van der Waals surface area contributed by atoms with Gasteiger partial charge in [0.1, 0.15) is 0 Å². The molecule has 0 fully saturated rings. The summed E-state index contributed by atoms with van der Waals surface area (Å²) < 4.78 is 0. The van der Waals surface area contributed by atoms with Crippen LogP contribution in [-0.4, -0.2) is 27.9 Å². The molecule has 0 N–H and O–H groups in total. The molecule has 0 atom stereocenters. The van der Waals surface area contributed by atoms with Gasteiger partial charge in [-0.05, 0) is 41.5 Å². The molecule has 1 amide bonds. The first kappa shape index (κ1) is 26.3. The minimum Gasteiger partial charge on any atom is -0.646 e. The molecule has 0 spiro atoms. The largest absolute Gasteiger partial charge is 2.00 e. The van der Waals surface area contributed by atoms with Gasteiger partial charge in [-0.15, -0.1) is 5.54 Å². The average Bonchev–Trinajstić information content (AvgIpc) is 2.08. The molecule has 0 saturated carbocycles. The summed E-state index contributed by atoms with van der Waals surface area (Å²) in [6.45, 7) is 23.4. The monoisotopic (exact) mass is 360 g/mol. The van der Waals surface area contributed by atoms with Crippen molar-refractivity contribution in [1.82, 2.24) is 0 Å². The minimum atomic E-state index is -0.790. The molecular formula is C17H37NNiOP+. The molecule has 0 radical (unpaired) electrons. The molecule has 21 heavy (non-hydrogen) atoms. The Bertz CT molecular complexity index is 271. The molecule has 0 bridgehead atoms. The second kappa shape index (κ2) is 10.2. The summed E-state index contributed by atoms with van der Waals surface area (Å²) in [4.78, 5) is 12.0. The fraction of sp³-hybridized carbons (Fsp3) is 0.882. The Hall–Kier alpha value is 0.394. The van der Waals surface area contributed by atoms with Crippen LogP contribution in [0.1, 0.15) is 76.2 Å². The maximum atomic E-state index is 12.0. The predicted molar refractivity (Wildman–Crippen MR) is 96.5 cm³/mol. The fourth-order valence-corrected chi connectivity index (χ4v) is 5.91. The van der Waals surface area contributed by atoms with Crippen molar-refractivity contribution in [2.24, 2.45) is 0 Å². The number of carbonyl (C=O) groups is 1. The molecule has 0 heterocycles. The Balaban J connectivity index is -0.000000740. The molecule has 0 unspecified atom stereocenters. The van der Waals surface area contributed by atoms with Gasteiger partial charge >= 0.3 is 16.5 Å². The zero-order valence-corrected chi connectivity index (χ0v) is 17.9. The van der Waals surface area contributed by atoms with Gasteiger partial charge in [0, 0.05) is 7.92 Å². The summed E-state index contributed by atoms with van der Waals surface area (Å²) in [5.74, 6) is 0.0799. The summed E-state index contributed by atoms with van der Waals surface area (Å²) >= 11 is 0. The van der Waals surface area contributed by atoms with Crippen molar-refractivity contribution in [3.63, 3.8) is 0 Å². The predicted octanol–water partition coefficient (Wildman–Crippen LogP) is 5.72. The first-order valence-electron chi connectivity index (χ1n) is 7.51.